The van der Waals surface area contributed by atoms with Crippen LogP contribution in [0.25, 0.3) is 23.1 Å². The van der Waals surface area contributed by atoms with Crippen molar-refractivity contribution >= 4 is 23.1 Å². The van der Waals surface area contributed by atoms with Crippen molar-refractivity contribution in [1.29, 1.82) is 0 Å². The molecule has 0 aliphatic rings. The average Bonchev–Trinajstić information content (AvgIpc) is 2.47. The van der Waals surface area contributed by atoms with Crippen molar-refractivity contribution in [2.75, 3.05) is 0 Å². The van der Waals surface area contributed by atoms with Gasteiger partial charge in [0.1, 0.15) is 5.75 Å². The van der Waals surface area contributed by atoms with Crippen LogP contribution in [0.15, 0.2) is 59.4 Å². The zero-order valence-corrected chi connectivity index (χ0v) is 10.7. The maximum absolute atomic E-state index is 11.7. The summed E-state index contributed by atoms with van der Waals surface area (Å²) in [5.74, 6) is 0.0783. The number of aromatic nitrogens is 1. The van der Waals surface area contributed by atoms with Gasteiger partial charge in [0.05, 0.1) is 5.52 Å². The van der Waals surface area contributed by atoms with E-state index in [1.165, 1.54) is 6.07 Å². The lowest BCUT2D eigenvalue weighted by atomic mass is 10.1. The lowest BCUT2D eigenvalue weighted by molar-refractivity contribution is 0.480. The van der Waals surface area contributed by atoms with Gasteiger partial charge in [-0.25, -0.2) is 0 Å². The molecule has 1 heterocycles. The highest BCUT2D eigenvalue weighted by molar-refractivity contribution is 5.93. The van der Waals surface area contributed by atoms with Gasteiger partial charge in [0.2, 0.25) is 5.56 Å². The van der Waals surface area contributed by atoms with Gasteiger partial charge >= 0.3 is 0 Å². The first-order chi connectivity index (χ1) is 9.74. The smallest absolute Gasteiger partial charge is 0.249 e. The summed E-state index contributed by atoms with van der Waals surface area (Å²) >= 11 is 0. The minimum atomic E-state index is -0.230. The van der Waals surface area contributed by atoms with Crippen molar-refractivity contribution in [2.45, 2.75) is 0 Å². The minimum absolute atomic E-state index is 0.0783. The third kappa shape index (κ3) is 2.34. The van der Waals surface area contributed by atoms with E-state index in [0.29, 0.717) is 5.52 Å². The fourth-order valence-electron chi connectivity index (χ4n) is 2.18. The Labute approximate surface area is 115 Å². The van der Waals surface area contributed by atoms with Crippen molar-refractivity contribution in [3.63, 3.8) is 0 Å². The average molecular weight is 263 g/mol. The lowest BCUT2D eigenvalue weighted by Crippen LogP contribution is -2.04. The Kier molecular flexibility index (Phi) is 3.09. The maximum Gasteiger partial charge on any atom is 0.249 e. The molecule has 3 rings (SSSR count). The molecule has 0 aliphatic carbocycles. The number of H-pyrrole nitrogens is 1. The van der Waals surface area contributed by atoms with E-state index in [1.54, 1.807) is 12.1 Å². The van der Waals surface area contributed by atoms with E-state index in [2.05, 4.69) is 4.98 Å². The van der Waals surface area contributed by atoms with E-state index in [1.807, 2.05) is 48.6 Å². The lowest BCUT2D eigenvalue weighted by Gasteiger charge is -2.03. The van der Waals surface area contributed by atoms with E-state index in [4.69, 9.17) is 0 Å². The molecule has 0 saturated heterocycles. The molecule has 20 heavy (non-hydrogen) atoms. The number of hydrogen-bond donors (Lipinski definition) is 2. The molecule has 3 aromatic rings. The highest BCUT2D eigenvalue weighted by Gasteiger charge is 2.04. The van der Waals surface area contributed by atoms with Crippen LogP contribution >= 0.6 is 0 Å². The topological polar surface area (TPSA) is 53.1 Å². The monoisotopic (exact) mass is 263 g/mol. The standard InChI is InChI=1S/C17H13NO2/c19-15-8-4-7-14-13(11-16(20)18-17(14)15)10-9-12-5-2-1-3-6-12/h1-11,19H,(H,18,20). The molecule has 0 fully saturated rings. The normalized spacial score (nSPS) is 11.2. The highest BCUT2D eigenvalue weighted by atomic mass is 16.3. The summed E-state index contributed by atoms with van der Waals surface area (Å²) in [4.78, 5) is 14.3. The second kappa shape index (κ2) is 5.05. The van der Waals surface area contributed by atoms with Gasteiger partial charge < -0.3 is 10.1 Å². The molecular weight excluding hydrogens is 250 g/mol. The van der Waals surface area contributed by atoms with E-state index < -0.39 is 0 Å². The van der Waals surface area contributed by atoms with E-state index in [0.717, 1.165) is 16.5 Å². The summed E-state index contributed by atoms with van der Waals surface area (Å²) in [6, 6.07) is 16.6. The number of rotatable bonds is 2. The Bertz CT molecular complexity index is 832. The summed E-state index contributed by atoms with van der Waals surface area (Å²) in [6.45, 7) is 0. The van der Waals surface area contributed by atoms with Gasteiger partial charge in [0, 0.05) is 11.5 Å². The second-order valence-corrected chi connectivity index (χ2v) is 4.53. The van der Waals surface area contributed by atoms with Crippen LogP contribution in [0.5, 0.6) is 5.75 Å². The van der Waals surface area contributed by atoms with Crippen molar-refractivity contribution in [3.8, 4) is 5.75 Å². The van der Waals surface area contributed by atoms with Crippen molar-refractivity contribution in [2.24, 2.45) is 0 Å². The van der Waals surface area contributed by atoms with E-state index in [9.17, 15) is 9.90 Å². The second-order valence-electron chi connectivity index (χ2n) is 4.53. The van der Waals surface area contributed by atoms with Crippen LogP contribution < -0.4 is 5.56 Å². The van der Waals surface area contributed by atoms with Crippen LogP contribution in [-0.2, 0) is 0 Å². The molecule has 0 bridgehead atoms. The van der Waals surface area contributed by atoms with Crippen molar-refractivity contribution in [1.82, 2.24) is 4.98 Å². The molecule has 0 unspecified atom stereocenters. The molecule has 0 amide bonds. The molecule has 0 saturated carbocycles. The van der Waals surface area contributed by atoms with Crippen LogP contribution in [-0.4, -0.2) is 10.1 Å². The summed E-state index contributed by atoms with van der Waals surface area (Å²) < 4.78 is 0. The number of aromatic amines is 1. The number of phenolic OH excluding ortho intramolecular Hbond substituents is 1. The number of hydrogen-bond acceptors (Lipinski definition) is 2. The molecule has 3 heteroatoms. The molecule has 1 aromatic heterocycles. The molecule has 2 N–H and O–H groups in total. The number of benzene rings is 2. The number of pyridine rings is 1. The van der Waals surface area contributed by atoms with Crippen LogP contribution in [0.3, 0.4) is 0 Å². The third-order valence-corrected chi connectivity index (χ3v) is 3.14. The van der Waals surface area contributed by atoms with E-state index >= 15 is 0 Å². The van der Waals surface area contributed by atoms with Gasteiger partial charge in [-0.05, 0) is 17.2 Å². The quantitative estimate of drug-likeness (QED) is 0.744. The summed E-state index contributed by atoms with van der Waals surface area (Å²) in [6.07, 6.45) is 3.82. The first-order valence-electron chi connectivity index (χ1n) is 6.32. The molecule has 98 valence electrons. The first kappa shape index (κ1) is 12.2. The summed E-state index contributed by atoms with van der Waals surface area (Å²) in [5, 5.41) is 10.6. The van der Waals surface area contributed by atoms with Crippen LogP contribution in [0.4, 0.5) is 0 Å². The number of para-hydroxylation sites is 1. The summed E-state index contributed by atoms with van der Waals surface area (Å²) in [5.41, 5.74) is 2.07. The van der Waals surface area contributed by atoms with Gasteiger partial charge in [0.25, 0.3) is 0 Å². The molecule has 0 spiro atoms. The predicted octanol–water partition coefficient (Wildman–Crippen LogP) is 3.40. The molecule has 0 radical (unpaired) electrons. The van der Waals surface area contributed by atoms with Gasteiger partial charge in [0.15, 0.2) is 0 Å². The SMILES string of the molecule is O=c1cc(C=Cc2ccccc2)c2cccc(O)c2[nH]1. The third-order valence-electron chi connectivity index (χ3n) is 3.14. The Hall–Kier alpha value is -2.81. The molecule has 2 aromatic carbocycles. The highest BCUT2D eigenvalue weighted by Crippen LogP contribution is 2.24. The molecular formula is C17H13NO2. The number of nitrogens with one attached hydrogen (secondary N) is 1. The van der Waals surface area contributed by atoms with Crippen molar-refractivity contribution < 1.29 is 5.11 Å². The van der Waals surface area contributed by atoms with Gasteiger partial charge in [-0.3, -0.25) is 4.79 Å². The number of fused-ring (bicyclic) bond motifs is 1. The first-order valence-corrected chi connectivity index (χ1v) is 6.32. The van der Waals surface area contributed by atoms with Crippen LogP contribution in [0.2, 0.25) is 0 Å². The Morgan fingerprint density at radius 3 is 2.55 bits per heavy atom. The van der Waals surface area contributed by atoms with E-state index in [-0.39, 0.29) is 11.3 Å². The van der Waals surface area contributed by atoms with Gasteiger partial charge in [-0.15, -0.1) is 0 Å². The number of aromatic hydroxyl groups is 1. The zero-order chi connectivity index (χ0) is 13.9. The Morgan fingerprint density at radius 2 is 1.75 bits per heavy atom. The van der Waals surface area contributed by atoms with Crippen LogP contribution in [0.1, 0.15) is 11.1 Å². The number of phenols is 1. The minimum Gasteiger partial charge on any atom is -0.506 e. The van der Waals surface area contributed by atoms with Gasteiger partial charge in [-0.1, -0.05) is 54.6 Å². The molecule has 0 aliphatic heterocycles. The fourth-order valence-corrected chi connectivity index (χ4v) is 2.18. The Balaban J connectivity index is 2.14. The van der Waals surface area contributed by atoms with Gasteiger partial charge in [-0.2, -0.15) is 0 Å². The maximum atomic E-state index is 11.7. The molecule has 0 atom stereocenters. The summed E-state index contributed by atoms with van der Waals surface area (Å²) in [7, 11) is 0. The predicted molar refractivity (Wildman–Crippen MR) is 81.6 cm³/mol. The van der Waals surface area contributed by atoms with Crippen LogP contribution in [0, 0.1) is 0 Å². The molecule has 3 nitrogen and oxygen atoms in total. The Morgan fingerprint density at radius 1 is 0.950 bits per heavy atom. The zero-order valence-electron chi connectivity index (χ0n) is 10.7. The fraction of sp³-hybridized carbons (Fsp3) is 0. The van der Waals surface area contributed by atoms with Crippen molar-refractivity contribution in [3.05, 3.63) is 76.1 Å². The largest absolute Gasteiger partial charge is 0.506 e.